The summed E-state index contributed by atoms with van der Waals surface area (Å²) >= 11 is 0. The van der Waals surface area contributed by atoms with Crippen LogP contribution in [-0.2, 0) is 6.54 Å². The van der Waals surface area contributed by atoms with Crippen LogP contribution in [-0.4, -0.2) is 13.2 Å². The molecule has 20 heavy (non-hydrogen) atoms. The van der Waals surface area contributed by atoms with Crippen molar-refractivity contribution in [3.8, 4) is 5.75 Å². The van der Waals surface area contributed by atoms with Crippen LogP contribution in [0.3, 0.4) is 0 Å². The van der Waals surface area contributed by atoms with E-state index in [0.29, 0.717) is 11.5 Å². The molecule has 0 radical (unpaired) electrons. The van der Waals surface area contributed by atoms with Crippen molar-refractivity contribution < 1.29 is 4.74 Å². The molecule has 0 aliphatic heterocycles. The minimum atomic E-state index is 0.388. The Balaban J connectivity index is 2.01. The maximum absolute atomic E-state index is 5.44. The van der Waals surface area contributed by atoms with Crippen molar-refractivity contribution in [3.63, 3.8) is 0 Å². The lowest BCUT2D eigenvalue weighted by molar-refractivity contribution is 0.130. The Morgan fingerprint density at radius 3 is 2.55 bits per heavy atom. The largest absolute Gasteiger partial charge is 0.496 e. The van der Waals surface area contributed by atoms with Gasteiger partial charge in [0.05, 0.1) is 7.11 Å². The molecule has 0 saturated heterocycles. The molecule has 1 N–H and O–H groups in total. The van der Waals surface area contributed by atoms with Crippen LogP contribution in [0.5, 0.6) is 5.75 Å². The second kappa shape index (κ2) is 6.62. The van der Waals surface area contributed by atoms with Gasteiger partial charge in [-0.25, -0.2) is 0 Å². The summed E-state index contributed by atoms with van der Waals surface area (Å²) in [4.78, 5) is 0. The second-order valence-electron chi connectivity index (χ2n) is 7.06. The molecule has 2 nitrogen and oxygen atoms in total. The van der Waals surface area contributed by atoms with E-state index in [-0.39, 0.29) is 0 Å². The maximum Gasteiger partial charge on any atom is 0.123 e. The molecule has 0 aromatic heterocycles. The second-order valence-corrected chi connectivity index (χ2v) is 7.06. The number of para-hydroxylation sites is 1. The van der Waals surface area contributed by atoms with E-state index in [1.54, 1.807) is 7.11 Å². The molecule has 2 heteroatoms. The van der Waals surface area contributed by atoms with Crippen LogP contribution in [0.4, 0.5) is 0 Å². The number of nitrogens with one attached hydrogen (secondary N) is 1. The minimum Gasteiger partial charge on any atom is -0.496 e. The van der Waals surface area contributed by atoms with Gasteiger partial charge < -0.3 is 10.1 Å². The number of rotatable bonds is 4. The third kappa shape index (κ3) is 3.76. The summed E-state index contributed by atoms with van der Waals surface area (Å²) in [6.07, 6.45) is 5.40. The summed E-state index contributed by atoms with van der Waals surface area (Å²) in [5.74, 6) is 1.76. The molecule has 1 fully saturated rings. The molecule has 1 aromatic rings. The molecule has 2 rings (SSSR count). The fourth-order valence-electron chi connectivity index (χ4n) is 3.50. The van der Waals surface area contributed by atoms with E-state index < -0.39 is 0 Å². The van der Waals surface area contributed by atoms with Crippen LogP contribution in [0.25, 0.3) is 0 Å². The zero-order valence-corrected chi connectivity index (χ0v) is 13.4. The summed E-state index contributed by atoms with van der Waals surface area (Å²) < 4.78 is 5.44. The van der Waals surface area contributed by atoms with Crippen LogP contribution in [0, 0.1) is 11.3 Å². The Morgan fingerprint density at radius 2 is 1.85 bits per heavy atom. The van der Waals surface area contributed by atoms with Gasteiger partial charge in [-0.05, 0) is 30.2 Å². The van der Waals surface area contributed by atoms with Gasteiger partial charge in [0.1, 0.15) is 5.75 Å². The SMILES string of the molecule is COc1ccccc1CNC1CCCCC1C(C)(C)C. The Bertz CT molecular complexity index is 422. The minimum absolute atomic E-state index is 0.388. The number of methoxy groups -OCH3 is 1. The van der Waals surface area contributed by atoms with Gasteiger partial charge in [-0.1, -0.05) is 51.8 Å². The van der Waals surface area contributed by atoms with Gasteiger partial charge in [0, 0.05) is 18.2 Å². The molecule has 0 spiro atoms. The molecule has 1 aromatic carbocycles. The Hall–Kier alpha value is -1.02. The third-order valence-corrected chi connectivity index (χ3v) is 4.63. The number of benzene rings is 1. The fourth-order valence-corrected chi connectivity index (χ4v) is 3.50. The van der Waals surface area contributed by atoms with E-state index >= 15 is 0 Å². The molecule has 112 valence electrons. The monoisotopic (exact) mass is 275 g/mol. The molecule has 0 heterocycles. The lowest BCUT2D eigenvalue weighted by Crippen LogP contribution is -2.43. The summed E-state index contributed by atoms with van der Waals surface area (Å²) in [6.45, 7) is 8.03. The van der Waals surface area contributed by atoms with E-state index in [2.05, 4.69) is 38.2 Å². The van der Waals surface area contributed by atoms with Gasteiger partial charge in [0.25, 0.3) is 0 Å². The molecule has 0 bridgehead atoms. The summed E-state index contributed by atoms with van der Waals surface area (Å²) in [7, 11) is 1.75. The predicted octanol–water partition coefficient (Wildman–Crippen LogP) is 4.39. The smallest absolute Gasteiger partial charge is 0.123 e. The molecule has 1 aliphatic carbocycles. The number of hydrogen-bond acceptors (Lipinski definition) is 2. The number of ether oxygens (including phenoxy) is 1. The molecular formula is C18H29NO. The van der Waals surface area contributed by atoms with Crippen molar-refractivity contribution in [2.75, 3.05) is 7.11 Å². The third-order valence-electron chi connectivity index (χ3n) is 4.63. The highest BCUT2D eigenvalue weighted by Crippen LogP contribution is 2.38. The first-order chi connectivity index (χ1) is 9.52. The lowest BCUT2D eigenvalue weighted by Gasteiger charge is -2.41. The van der Waals surface area contributed by atoms with Crippen molar-refractivity contribution in [2.24, 2.45) is 11.3 Å². The van der Waals surface area contributed by atoms with Crippen molar-refractivity contribution in [1.82, 2.24) is 5.32 Å². The lowest BCUT2D eigenvalue weighted by atomic mass is 9.69. The van der Waals surface area contributed by atoms with Gasteiger partial charge in [0.15, 0.2) is 0 Å². The first kappa shape index (κ1) is 15.4. The average Bonchev–Trinajstić information content (AvgIpc) is 2.44. The van der Waals surface area contributed by atoms with Gasteiger partial charge in [-0.2, -0.15) is 0 Å². The maximum atomic E-state index is 5.44. The van der Waals surface area contributed by atoms with E-state index in [1.165, 1.54) is 31.2 Å². The van der Waals surface area contributed by atoms with E-state index in [4.69, 9.17) is 4.74 Å². The standard InChI is InChI=1S/C18H29NO/c1-18(2,3)15-10-6-7-11-16(15)19-13-14-9-5-8-12-17(14)20-4/h5,8-9,12,15-16,19H,6-7,10-11,13H2,1-4H3. The van der Waals surface area contributed by atoms with Gasteiger partial charge in [-0.15, -0.1) is 0 Å². The van der Waals surface area contributed by atoms with Crippen LogP contribution < -0.4 is 10.1 Å². The first-order valence-electron chi connectivity index (χ1n) is 7.87. The molecule has 2 atom stereocenters. The van der Waals surface area contributed by atoms with E-state index in [9.17, 15) is 0 Å². The highest BCUT2D eigenvalue weighted by molar-refractivity contribution is 5.33. The Labute approximate surface area is 123 Å². The molecule has 2 unspecified atom stereocenters. The quantitative estimate of drug-likeness (QED) is 0.880. The van der Waals surface area contributed by atoms with E-state index in [0.717, 1.165) is 18.2 Å². The van der Waals surface area contributed by atoms with Crippen molar-refractivity contribution in [1.29, 1.82) is 0 Å². The molecular weight excluding hydrogens is 246 g/mol. The van der Waals surface area contributed by atoms with Gasteiger partial charge in [-0.3, -0.25) is 0 Å². The summed E-state index contributed by atoms with van der Waals surface area (Å²) in [6, 6.07) is 8.94. The van der Waals surface area contributed by atoms with Crippen LogP contribution in [0.2, 0.25) is 0 Å². The van der Waals surface area contributed by atoms with Crippen LogP contribution >= 0.6 is 0 Å². The highest BCUT2D eigenvalue weighted by Gasteiger charge is 2.33. The van der Waals surface area contributed by atoms with Gasteiger partial charge >= 0.3 is 0 Å². The van der Waals surface area contributed by atoms with E-state index in [1.807, 2.05) is 12.1 Å². The fraction of sp³-hybridized carbons (Fsp3) is 0.667. The Morgan fingerprint density at radius 1 is 1.15 bits per heavy atom. The summed E-state index contributed by atoms with van der Waals surface area (Å²) in [5, 5.41) is 3.79. The van der Waals surface area contributed by atoms with Crippen molar-refractivity contribution in [3.05, 3.63) is 29.8 Å². The van der Waals surface area contributed by atoms with Gasteiger partial charge in [0.2, 0.25) is 0 Å². The molecule has 1 aliphatic rings. The Kier molecular flexibility index (Phi) is 5.09. The molecule has 1 saturated carbocycles. The average molecular weight is 275 g/mol. The normalized spacial score (nSPS) is 23.6. The number of hydrogen-bond donors (Lipinski definition) is 1. The highest BCUT2D eigenvalue weighted by atomic mass is 16.5. The van der Waals surface area contributed by atoms with Crippen LogP contribution in [0.15, 0.2) is 24.3 Å². The zero-order chi connectivity index (χ0) is 14.6. The predicted molar refractivity (Wildman–Crippen MR) is 85.0 cm³/mol. The summed E-state index contributed by atoms with van der Waals surface area (Å²) in [5.41, 5.74) is 1.65. The van der Waals surface area contributed by atoms with Crippen LogP contribution in [0.1, 0.15) is 52.0 Å². The zero-order valence-electron chi connectivity index (χ0n) is 13.4. The van der Waals surface area contributed by atoms with Crippen molar-refractivity contribution in [2.45, 2.75) is 59.0 Å². The first-order valence-corrected chi connectivity index (χ1v) is 7.87. The molecule has 0 amide bonds. The van der Waals surface area contributed by atoms with Crippen molar-refractivity contribution >= 4 is 0 Å². The topological polar surface area (TPSA) is 21.3 Å².